The Morgan fingerprint density at radius 1 is 1.10 bits per heavy atom. The van der Waals surface area contributed by atoms with Crippen LogP contribution in [0.15, 0.2) is 30.3 Å². The lowest BCUT2D eigenvalue weighted by molar-refractivity contribution is -0.132. The third kappa shape index (κ3) is 6.66. The molecule has 2 rings (SSSR count). The van der Waals surface area contributed by atoms with Crippen molar-refractivity contribution >= 4 is 30.7 Å². The molecule has 1 heterocycles. The first-order chi connectivity index (χ1) is 9.29. The van der Waals surface area contributed by atoms with E-state index in [2.05, 4.69) is 34.5 Å². The van der Waals surface area contributed by atoms with Crippen molar-refractivity contribution in [2.24, 2.45) is 0 Å². The van der Waals surface area contributed by atoms with Crippen LogP contribution in [0.5, 0.6) is 0 Å². The van der Waals surface area contributed by atoms with Gasteiger partial charge in [0.2, 0.25) is 5.91 Å². The Balaban J connectivity index is 0.00000200. The van der Waals surface area contributed by atoms with E-state index in [-0.39, 0.29) is 30.7 Å². The molecular formula is C15H25Cl2N3O. The summed E-state index contributed by atoms with van der Waals surface area (Å²) in [5.74, 6) is 0.272. The lowest BCUT2D eigenvalue weighted by Crippen LogP contribution is -2.48. The third-order valence-electron chi connectivity index (χ3n) is 3.56. The third-order valence-corrected chi connectivity index (χ3v) is 3.56. The van der Waals surface area contributed by atoms with Gasteiger partial charge < -0.3 is 10.2 Å². The number of piperazine rings is 1. The smallest absolute Gasteiger partial charge is 0.223 e. The molecule has 0 bridgehead atoms. The average molecular weight is 334 g/mol. The van der Waals surface area contributed by atoms with Crippen LogP contribution in [0.3, 0.4) is 0 Å². The van der Waals surface area contributed by atoms with Crippen LogP contribution in [-0.2, 0) is 11.3 Å². The fraction of sp³-hybridized carbons (Fsp3) is 0.533. The van der Waals surface area contributed by atoms with Gasteiger partial charge in [0.05, 0.1) is 0 Å². The van der Waals surface area contributed by atoms with E-state index in [1.54, 1.807) is 0 Å². The van der Waals surface area contributed by atoms with Crippen LogP contribution in [0.2, 0.25) is 0 Å². The van der Waals surface area contributed by atoms with Crippen molar-refractivity contribution in [1.29, 1.82) is 0 Å². The van der Waals surface area contributed by atoms with Crippen LogP contribution in [-0.4, -0.2) is 55.5 Å². The number of hydrogen-bond acceptors (Lipinski definition) is 3. The predicted molar refractivity (Wildman–Crippen MR) is 91.3 cm³/mol. The number of rotatable bonds is 5. The molecule has 1 saturated heterocycles. The van der Waals surface area contributed by atoms with Crippen LogP contribution in [0, 0.1) is 0 Å². The Hall–Kier alpha value is -0.810. The molecule has 1 aliphatic rings. The summed E-state index contributed by atoms with van der Waals surface area (Å²) in [6, 6.07) is 10.5. The van der Waals surface area contributed by atoms with E-state index >= 15 is 0 Å². The molecule has 1 amide bonds. The fourth-order valence-electron chi connectivity index (χ4n) is 2.39. The second-order valence-corrected chi connectivity index (χ2v) is 5.00. The van der Waals surface area contributed by atoms with Gasteiger partial charge in [0.1, 0.15) is 0 Å². The second-order valence-electron chi connectivity index (χ2n) is 5.00. The van der Waals surface area contributed by atoms with E-state index < -0.39 is 0 Å². The first-order valence-electron chi connectivity index (χ1n) is 6.98. The molecule has 0 aliphatic carbocycles. The molecule has 120 valence electrons. The molecule has 0 unspecified atom stereocenters. The van der Waals surface area contributed by atoms with Gasteiger partial charge in [0, 0.05) is 45.7 Å². The number of nitrogens with zero attached hydrogens (tertiary/aromatic N) is 2. The highest BCUT2D eigenvalue weighted by molar-refractivity contribution is 5.85. The van der Waals surface area contributed by atoms with Gasteiger partial charge >= 0.3 is 0 Å². The predicted octanol–water partition coefficient (Wildman–Crippen LogP) is 1.78. The summed E-state index contributed by atoms with van der Waals surface area (Å²) in [6.45, 7) is 5.41. The molecule has 0 saturated carbocycles. The molecule has 0 spiro atoms. The van der Waals surface area contributed by atoms with Crippen LogP contribution >= 0.6 is 24.8 Å². The molecule has 1 fully saturated rings. The number of benzene rings is 1. The molecule has 1 N–H and O–H groups in total. The maximum absolute atomic E-state index is 11.9. The van der Waals surface area contributed by atoms with Crippen molar-refractivity contribution in [2.75, 3.05) is 39.8 Å². The molecule has 0 aromatic heterocycles. The van der Waals surface area contributed by atoms with Crippen molar-refractivity contribution in [3.05, 3.63) is 35.9 Å². The zero-order valence-electron chi connectivity index (χ0n) is 12.5. The molecule has 4 nitrogen and oxygen atoms in total. The molecular weight excluding hydrogens is 309 g/mol. The Morgan fingerprint density at radius 2 is 1.71 bits per heavy atom. The Labute approximate surface area is 139 Å². The quantitative estimate of drug-likeness (QED) is 0.892. The van der Waals surface area contributed by atoms with E-state index in [9.17, 15) is 4.79 Å². The molecule has 1 aromatic carbocycles. The Kier molecular flexibility index (Phi) is 10.4. The van der Waals surface area contributed by atoms with E-state index in [0.29, 0.717) is 6.42 Å². The number of carbonyl (C=O) groups is 1. The van der Waals surface area contributed by atoms with Crippen molar-refractivity contribution in [2.45, 2.75) is 13.0 Å². The van der Waals surface area contributed by atoms with Gasteiger partial charge in [-0.05, 0) is 12.6 Å². The minimum Gasteiger partial charge on any atom is -0.340 e. The van der Waals surface area contributed by atoms with Gasteiger partial charge in [0.25, 0.3) is 0 Å². The minimum atomic E-state index is 0. The summed E-state index contributed by atoms with van der Waals surface area (Å²) in [6.07, 6.45) is 0.606. The number of amides is 1. The van der Waals surface area contributed by atoms with Gasteiger partial charge in [-0.1, -0.05) is 30.3 Å². The van der Waals surface area contributed by atoms with Crippen molar-refractivity contribution in [3.63, 3.8) is 0 Å². The largest absolute Gasteiger partial charge is 0.340 e. The zero-order valence-corrected chi connectivity index (χ0v) is 14.1. The highest BCUT2D eigenvalue weighted by Crippen LogP contribution is 2.09. The molecule has 0 radical (unpaired) electrons. The van der Waals surface area contributed by atoms with E-state index in [1.807, 2.05) is 18.0 Å². The van der Waals surface area contributed by atoms with Crippen LogP contribution in [0.4, 0.5) is 0 Å². The van der Waals surface area contributed by atoms with Crippen molar-refractivity contribution in [1.82, 2.24) is 15.1 Å². The zero-order chi connectivity index (χ0) is 13.5. The lowest BCUT2D eigenvalue weighted by Gasteiger charge is -2.34. The molecule has 6 heteroatoms. The van der Waals surface area contributed by atoms with E-state index in [0.717, 1.165) is 39.3 Å². The van der Waals surface area contributed by atoms with Gasteiger partial charge in [-0.2, -0.15) is 0 Å². The van der Waals surface area contributed by atoms with Gasteiger partial charge in [0.15, 0.2) is 0 Å². The normalized spacial score (nSPS) is 15.0. The SMILES string of the molecule is CNCCC(=O)N1CCN(Cc2ccccc2)CC1.Cl.Cl. The first-order valence-corrected chi connectivity index (χ1v) is 6.98. The highest BCUT2D eigenvalue weighted by atomic mass is 35.5. The number of nitrogens with one attached hydrogen (secondary N) is 1. The number of carbonyl (C=O) groups excluding carboxylic acids is 1. The first kappa shape index (κ1) is 20.2. The second kappa shape index (κ2) is 10.9. The van der Waals surface area contributed by atoms with Crippen molar-refractivity contribution < 1.29 is 4.79 Å². The average Bonchev–Trinajstić information content (AvgIpc) is 2.46. The topological polar surface area (TPSA) is 35.6 Å². The Morgan fingerprint density at radius 3 is 2.29 bits per heavy atom. The maximum atomic E-state index is 11.9. The van der Waals surface area contributed by atoms with Gasteiger partial charge in [-0.3, -0.25) is 9.69 Å². The monoisotopic (exact) mass is 333 g/mol. The van der Waals surface area contributed by atoms with Gasteiger partial charge in [-0.15, -0.1) is 24.8 Å². The molecule has 1 aliphatic heterocycles. The summed E-state index contributed by atoms with van der Waals surface area (Å²) in [4.78, 5) is 16.3. The van der Waals surface area contributed by atoms with E-state index in [1.165, 1.54) is 5.56 Å². The van der Waals surface area contributed by atoms with E-state index in [4.69, 9.17) is 0 Å². The van der Waals surface area contributed by atoms with Gasteiger partial charge in [-0.25, -0.2) is 0 Å². The lowest BCUT2D eigenvalue weighted by atomic mass is 10.2. The number of hydrogen-bond donors (Lipinski definition) is 1. The summed E-state index contributed by atoms with van der Waals surface area (Å²) in [5.41, 5.74) is 1.34. The molecule has 1 aromatic rings. The molecule has 0 atom stereocenters. The summed E-state index contributed by atoms with van der Waals surface area (Å²) in [5, 5.41) is 3.02. The fourth-order valence-corrected chi connectivity index (χ4v) is 2.39. The van der Waals surface area contributed by atoms with Crippen LogP contribution < -0.4 is 5.32 Å². The van der Waals surface area contributed by atoms with Crippen LogP contribution in [0.1, 0.15) is 12.0 Å². The summed E-state index contributed by atoms with van der Waals surface area (Å²) < 4.78 is 0. The highest BCUT2D eigenvalue weighted by Gasteiger charge is 2.20. The summed E-state index contributed by atoms with van der Waals surface area (Å²) >= 11 is 0. The summed E-state index contributed by atoms with van der Waals surface area (Å²) in [7, 11) is 1.88. The minimum absolute atomic E-state index is 0. The standard InChI is InChI=1S/C15H23N3O.2ClH/c1-16-8-7-15(19)18-11-9-17(10-12-18)13-14-5-3-2-4-6-14;;/h2-6,16H,7-13H2,1H3;2*1H. The number of halogens is 2. The molecule has 21 heavy (non-hydrogen) atoms. The maximum Gasteiger partial charge on any atom is 0.223 e. The van der Waals surface area contributed by atoms with Crippen LogP contribution in [0.25, 0.3) is 0 Å². The van der Waals surface area contributed by atoms with Crippen molar-refractivity contribution in [3.8, 4) is 0 Å². The Bertz CT molecular complexity index is 395.